The summed E-state index contributed by atoms with van der Waals surface area (Å²) >= 11 is 0. The van der Waals surface area contributed by atoms with Crippen LogP contribution in [0.5, 0.6) is 11.5 Å². The first-order chi connectivity index (χ1) is 15.6. The van der Waals surface area contributed by atoms with Crippen molar-refractivity contribution in [3.05, 3.63) is 72.1 Å². The number of rotatable bonds is 8. The lowest BCUT2D eigenvalue weighted by Crippen LogP contribution is -2.23. The number of carbonyl (C=O) groups excluding carboxylic acids is 1. The summed E-state index contributed by atoms with van der Waals surface area (Å²) in [6.45, 7) is 5.33. The molecular formula is C25H26N4O3. The van der Waals surface area contributed by atoms with Gasteiger partial charge in [-0.15, -0.1) is 0 Å². The Morgan fingerprint density at radius 1 is 1.03 bits per heavy atom. The molecule has 0 saturated heterocycles. The van der Waals surface area contributed by atoms with Gasteiger partial charge in [0.05, 0.1) is 36.2 Å². The number of fused-ring (bicyclic) bond motifs is 1. The number of ether oxygens (including phenoxy) is 2. The molecule has 164 valence electrons. The van der Waals surface area contributed by atoms with Gasteiger partial charge < -0.3 is 14.8 Å². The maximum absolute atomic E-state index is 13.2. The van der Waals surface area contributed by atoms with Gasteiger partial charge in [0.1, 0.15) is 0 Å². The topological polar surface area (TPSA) is 78.3 Å². The average molecular weight is 431 g/mol. The van der Waals surface area contributed by atoms with Gasteiger partial charge in [-0.2, -0.15) is 5.10 Å². The number of aryl methyl sites for hydroxylation is 1. The molecule has 0 atom stereocenters. The molecule has 0 unspecified atom stereocenters. The van der Waals surface area contributed by atoms with Gasteiger partial charge >= 0.3 is 0 Å². The Morgan fingerprint density at radius 2 is 1.81 bits per heavy atom. The molecule has 4 aromatic rings. The number of hydrogen-bond acceptors (Lipinski definition) is 5. The Labute approximate surface area is 187 Å². The van der Waals surface area contributed by atoms with Crippen LogP contribution in [0.25, 0.3) is 22.2 Å². The summed E-state index contributed by atoms with van der Waals surface area (Å²) in [5, 5.41) is 8.05. The summed E-state index contributed by atoms with van der Waals surface area (Å²) in [5.74, 6) is 1.21. The van der Waals surface area contributed by atoms with Crippen molar-refractivity contribution in [3.63, 3.8) is 0 Å². The fourth-order valence-corrected chi connectivity index (χ4v) is 3.55. The van der Waals surface area contributed by atoms with Gasteiger partial charge in [-0.3, -0.25) is 9.48 Å². The number of amides is 1. The number of carbonyl (C=O) groups is 1. The Morgan fingerprint density at radius 3 is 2.56 bits per heavy atom. The van der Waals surface area contributed by atoms with Crippen LogP contribution >= 0.6 is 0 Å². The standard InChI is InChI=1S/C25H26N4O3/c1-4-31-23-11-10-17(12-24(23)32-5-2)14-26-25(30)20-13-22(18-15-27-29(3)16-18)28-21-9-7-6-8-19(20)21/h6-13,15-16H,4-5,14H2,1-3H3,(H,26,30). The molecular weight excluding hydrogens is 404 g/mol. The molecule has 0 fully saturated rings. The second-order valence-electron chi connectivity index (χ2n) is 7.30. The smallest absolute Gasteiger partial charge is 0.252 e. The number of hydrogen-bond donors (Lipinski definition) is 1. The van der Waals surface area contributed by atoms with Crippen molar-refractivity contribution in [2.45, 2.75) is 20.4 Å². The van der Waals surface area contributed by atoms with Crippen LogP contribution in [0.15, 0.2) is 60.9 Å². The van der Waals surface area contributed by atoms with Crippen LogP contribution in [-0.2, 0) is 13.6 Å². The Bertz CT molecular complexity index is 1250. The molecule has 0 radical (unpaired) electrons. The van der Waals surface area contributed by atoms with Crippen LogP contribution in [-0.4, -0.2) is 33.9 Å². The van der Waals surface area contributed by atoms with Crippen molar-refractivity contribution in [2.24, 2.45) is 7.05 Å². The molecule has 2 aromatic carbocycles. The molecule has 0 aliphatic rings. The molecule has 2 aromatic heterocycles. The summed E-state index contributed by atoms with van der Waals surface area (Å²) in [4.78, 5) is 17.9. The fourth-order valence-electron chi connectivity index (χ4n) is 3.55. The second-order valence-corrected chi connectivity index (χ2v) is 7.30. The minimum absolute atomic E-state index is 0.166. The van der Waals surface area contributed by atoms with E-state index in [4.69, 9.17) is 14.5 Å². The number of aromatic nitrogens is 3. The van der Waals surface area contributed by atoms with E-state index in [0.29, 0.717) is 42.5 Å². The Balaban J connectivity index is 1.61. The zero-order valence-electron chi connectivity index (χ0n) is 18.5. The normalized spacial score (nSPS) is 10.8. The van der Waals surface area contributed by atoms with Gasteiger partial charge in [0.25, 0.3) is 5.91 Å². The van der Waals surface area contributed by atoms with E-state index in [1.54, 1.807) is 10.9 Å². The first-order valence-corrected chi connectivity index (χ1v) is 10.6. The molecule has 4 rings (SSSR count). The molecule has 0 spiro atoms. The van der Waals surface area contributed by atoms with E-state index in [2.05, 4.69) is 10.4 Å². The van der Waals surface area contributed by atoms with Crippen molar-refractivity contribution in [1.82, 2.24) is 20.1 Å². The molecule has 0 aliphatic heterocycles. The predicted octanol–water partition coefficient (Wildman–Crippen LogP) is 4.36. The highest BCUT2D eigenvalue weighted by atomic mass is 16.5. The van der Waals surface area contributed by atoms with Crippen molar-refractivity contribution >= 4 is 16.8 Å². The lowest BCUT2D eigenvalue weighted by Gasteiger charge is -2.13. The average Bonchev–Trinajstić information content (AvgIpc) is 3.25. The van der Waals surface area contributed by atoms with Crippen molar-refractivity contribution in [2.75, 3.05) is 13.2 Å². The van der Waals surface area contributed by atoms with Crippen LogP contribution in [0, 0.1) is 0 Å². The van der Waals surface area contributed by atoms with Gasteiger partial charge in [0.15, 0.2) is 11.5 Å². The molecule has 0 bridgehead atoms. The fraction of sp³-hybridized carbons (Fsp3) is 0.240. The summed E-state index contributed by atoms with van der Waals surface area (Å²) in [6, 6.07) is 15.2. The number of nitrogens with zero attached hydrogens (tertiary/aromatic N) is 3. The van der Waals surface area contributed by atoms with Gasteiger partial charge in [-0.05, 0) is 43.7 Å². The maximum Gasteiger partial charge on any atom is 0.252 e. The largest absolute Gasteiger partial charge is 0.490 e. The predicted molar refractivity (Wildman–Crippen MR) is 124 cm³/mol. The van der Waals surface area contributed by atoms with E-state index >= 15 is 0 Å². The van der Waals surface area contributed by atoms with Crippen LogP contribution in [0.4, 0.5) is 0 Å². The van der Waals surface area contributed by atoms with Crippen LogP contribution in [0.3, 0.4) is 0 Å². The first-order valence-electron chi connectivity index (χ1n) is 10.6. The minimum Gasteiger partial charge on any atom is -0.490 e. The van der Waals surface area contributed by atoms with Gasteiger partial charge in [0, 0.05) is 30.7 Å². The van der Waals surface area contributed by atoms with E-state index in [1.165, 1.54) is 0 Å². The van der Waals surface area contributed by atoms with Gasteiger partial charge in [0.2, 0.25) is 0 Å². The Kier molecular flexibility index (Phi) is 6.35. The SMILES string of the molecule is CCOc1ccc(CNC(=O)c2cc(-c3cnn(C)c3)nc3ccccc23)cc1OCC. The van der Waals surface area contributed by atoms with Gasteiger partial charge in [-0.1, -0.05) is 24.3 Å². The molecule has 7 nitrogen and oxygen atoms in total. The molecule has 32 heavy (non-hydrogen) atoms. The van der Waals surface area contributed by atoms with E-state index in [1.807, 2.05) is 75.6 Å². The highest BCUT2D eigenvalue weighted by Gasteiger charge is 2.15. The number of pyridine rings is 1. The monoisotopic (exact) mass is 430 g/mol. The van der Waals surface area contributed by atoms with Crippen molar-refractivity contribution in [3.8, 4) is 22.8 Å². The molecule has 0 saturated carbocycles. The zero-order valence-corrected chi connectivity index (χ0v) is 18.5. The lowest BCUT2D eigenvalue weighted by molar-refractivity contribution is 0.0952. The quantitative estimate of drug-likeness (QED) is 0.449. The van der Waals surface area contributed by atoms with Crippen LogP contribution < -0.4 is 14.8 Å². The third-order valence-corrected chi connectivity index (χ3v) is 5.02. The minimum atomic E-state index is -0.166. The van der Waals surface area contributed by atoms with Crippen molar-refractivity contribution in [1.29, 1.82) is 0 Å². The van der Waals surface area contributed by atoms with Gasteiger partial charge in [-0.25, -0.2) is 4.98 Å². The third-order valence-electron chi connectivity index (χ3n) is 5.02. The summed E-state index contributed by atoms with van der Waals surface area (Å²) in [6.07, 6.45) is 3.63. The number of para-hydroxylation sites is 1. The summed E-state index contributed by atoms with van der Waals surface area (Å²) in [5.41, 5.74) is 3.84. The molecule has 2 heterocycles. The Hall–Kier alpha value is -3.87. The van der Waals surface area contributed by atoms with Crippen LogP contribution in [0.1, 0.15) is 29.8 Å². The van der Waals surface area contributed by atoms with Crippen LogP contribution in [0.2, 0.25) is 0 Å². The van der Waals surface area contributed by atoms with E-state index in [-0.39, 0.29) is 5.91 Å². The maximum atomic E-state index is 13.2. The number of nitrogens with one attached hydrogen (secondary N) is 1. The summed E-state index contributed by atoms with van der Waals surface area (Å²) < 4.78 is 13.0. The first kappa shape index (κ1) is 21.4. The zero-order chi connectivity index (χ0) is 22.5. The van der Waals surface area contributed by atoms with E-state index in [0.717, 1.165) is 22.0 Å². The summed E-state index contributed by atoms with van der Waals surface area (Å²) in [7, 11) is 1.85. The second kappa shape index (κ2) is 9.51. The highest BCUT2D eigenvalue weighted by Crippen LogP contribution is 2.29. The molecule has 0 aliphatic carbocycles. The molecule has 1 N–H and O–H groups in total. The van der Waals surface area contributed by atoms with E-state index in [9.17, 15) is 4.79 Å². The number of benzene rings is 2. The third kappa shape index (κ3) is 4.56. The molecule has 7 heteroatoms. The molecule has 1 amide bonds. The highest BCUT2D eigenvalue weighted by molar-refractivity contribution is 6.07. The van der Waals surface area contributed by atoms with E-state index < -0.39 is 0 Å². The van der Waals surface area contributed by atoms with Crippen molar-refractivity contribution < 1.29 is 14.3 Å². The lowest BCUT2D eigenvalue weighted by atomic mass is 10.0.